The number of hydrogen-bond acceptors (Lipinski definition) is 5. The van der Waals surface area contributed by atoms with E-state index >= 15 is 0 Å². The number of hydrogen-bond donors (Lipinski definition) is 0. The van der Waals surface area contributed by atoms with Crippen LogP contribution in [0.25, 0.3) is 56.4 Å². The van der Waals surface area contributed by atoms with E-state index in [0.717, 1.165) is 61.6 Å². The summed E-state index contributed by atoms with van der Waals surface area (Å²) in [5.41, 5.74) is 11.3. The Hall–Kier alpha value is -7.94. The zero-order chi connectivity index (χ0) is 38.9. The van der Waals surface area contributed by atoms with Crippen molar-refractivity contribution in [3.8, 4) is 74.0 Å². The number of para-hydroxylation sites is 1. The van der Waals surface area contributed by atoms with Crippen molar-refractivity contribution in [1.82, 2.24) is 15.0 Å². The number of benzene rings is 8. The highest BCUT2D eigenvalue weighted by Crippen LogP contribution is 2.55. The van der Waals surface area contributed by atoms with Gasteiger partial charge in [0.15, 0.2) is 17.5 Å². The van der Waals surface area contributed by atoms with Crippen LogP contribution >= 0.6 is 0 Å². The van der Waals surface area contributed by atoms with Crippen LogP contribution in [0.5, 0.6) is 11.5 Å². The van der Waals surface area contributed by atoms with Gasteiger partial charge in [-0.05, 0) is 75.8 Å². The smallest absolute Gasteiger partial charge is 0.164 e. The molecule has 0 aliphatic carbocycles. The predicted octanol–water partition coefficient (Wildman–Crippen LogP) is 12.6. The first-order valence-electron chi connectivity index (χ1n) is 19.2. The lowest BCUT2D eigenvalue weighted by molar-refractivity contribution is 0.435. The SMILES string of the molecule is N#Cc1ccc(-c2nc(-c3ccc(-c4ccccc4)cc3)nc(-c3cccc(-c4ccc5c(c4)Oc4ccccc4C5(c4ccccc4)c4ccccc4)c3)n2)cc1. The van der Waals surface area contributed by atoms with Crippen molar-refractivity contribution in [2.24, 2.45) is 0 Å². The average Bonchev–Trinajstić information content (AvgIpc) is 3.31. The minimum Gasteiger partial charge on any atom is -0.457 e. The maximum Gasteiger partial charge on any atom is 0.164 e. The van der Waals surface area contributed by atoms with Crippen molar-refractivity contribution in [1.29, 1.82) is 5.26 Å². The van der Waals surface area contributed by atoms with Gasteiger partial charge in [-0.1, -0.05) is 164 Å². The van der Waals surface area contributed by atoms with E-state index in [9.17, 15) is 5.26 Å². The average molecular weight is 743 g/mol. The van der Waals surface area contributed by atoms with Crippen LogP contribution in [0.4, 0.5) is 0 Å². The highest BCUT2D eigenvalue weighted by Gasteiger charge is 2.45. The van der Waals surface area contributed by atoms with Crippen molar-refractivity contribution in [2.75, 3.05) is 0 Å². The number of aromatic nitrogens is 3. The van der Waals surface area contributed by atoms with Gasteiger partial charge in [0.25, 0.3) is 0 Å². The van der Waals surface area contributed by atoms with Gasteiger partial charge in [-0.25, -0.2) is 15.0 Å². The highest BCUT2D eigenvalue weighted by molar-refractivity contribution is 5.77. The molecule has 0 bridgehead atoms. The lowest BCUT2D eigenvalue weighted by Crippen LogP contribution is -2.34. The van der Waals surface area contributed by atoms with E-state index in [1.54, 1.807) is 12.1 Å². The lowest BCUT2D eigenvalue weighted by Gasteiger charge is -2.41. The second-order valence-electron chi connectivity index (χ2n) is 14.3. The molecule has 1 aromatic heterocycles. The Morgan fingerprint density at radius 1 is 0.362 bits per heavy atom. The Balaban J connectivity index is 1.09. The molecule has 0 saturated carbocycles. The number of nitrogens with zero attached hydrogens (tertiary/aromatic N) is 4. The van der Waals surface area contributed by atoms with E-state index in [1.165, 1.54) is 11.1 Å². The molecule has 0 fully saturated rings. The van der Waals surface area contributed by atoms with Crippen molar-refractivity contribution in [3.05, 3.63) is 234 Å². The minimum absolute atomic E-state index is 0.529. The number of fused-ring (bicyclic) bond motifs is 2. The van der Waals surface area contributed by atoms with Crippen molar-refractivity contribution in [3.63, 3.8) is 0 Å². The van der Waals surface area contributed by atoms with E-state index in [2.05, 4.69) is 152 Å². The number of nitriles is 1. The van der Waals surface area contributed by atoms with Crippen LogP contribution in [0.3, 0.4) is 0 Å². The van der Waals surface area contributed by atoms with Gasteiger partial charge in [0.2, 0.25) is 0 Å². The van der Waals surface area contributed by atoms with Crippen LogP contribution in [0.2, 0.25) is 0 Å². The maximum atomic E-state index is 9.45. The Labute approximate surface area is 337 Å². The topological polar surface area (TPSA) is 71.7 Å². The second kappa shape index (κ2) is 14.6. The normalized spacial score (nSPS) is 12.4. The van der Waals surface area contributed by atoms with E-state index in [0.29, 0.717) is 23.0 Å². The van der Waals surface area contributed by atoms with E-state index < -0.39 is 5.41 Å². The third-order valence-electron chi connectivity index (χ3n) is 10.9. The largest absolute Gasteiger partial charge is 0.457 e. The zero-order valence-electron chi connectivity index (χ0n) is 31.3. The molecule has 1 aliphatic heterocycles. The molecular weight excluding hydrogens is 709 g/mol. The molecule has 0 atom stereocenters. The Morgan fingerprint density at radius 2 is 0.810 bits per heavy atom. The maximum absolute atomic E-state index is 9.45. The first-order valence-corrected chi connectivity index (χ1v) is 19.2. The third-order valence-corrected chi connectivity index (χ3v) is 10.9. The molecular formula is C53H34N4O. The first-order chi connectivity index (χ1) is 28.7. The summed E-state index contributed by atoms with van der Waals surface area (Å²) in [5.74, 6) is 3.28. The summed E-state index contributed by atoms with van der Waals surface area (Å²) in [7, 11) is 0. The van der Waals surface area contributed by atoms with Gasteiger partial charge in [0.1, 0.15) is 11.5 Å². The van der Waals surface area contributed by atoms with Gasteiger partial charge in [-0.3, -0.25) is 0 Å². The number of ether oxygens (including phenoxy) is 1. The van der Waals surface area contributed by atoms with Crippen molar-refractivity contribution in [2.45, 2.75) is 5.41 Å². The summed E-state index contributed by atoms with van der Waals surface area (Å²) >= 11 is 0. The summed E-state index contributed by atoms with van der Waals surface area (Å²) in [6.07, 6.45) is 0. The second-order valence-corrected chi connectivity index (χ2v) is 14.3. The lowest BCUT2D eigenvalue weighted by atomic mass is 9.63. The molecule has 0 spiro atoms. The van der Waals surface area contributed by atoms with E-state index in [-0.39, 0.29) is 0 Å². The fraction of sp³-hybridized carbons (Fsp3) is 0.0189. The predicted molar refractivity (Wildman–Crippen MR) is 230 cm³/mol. The van der Waals surface area contributed by atoms with Crippen LogP contribution in [0, 0.1) is 11.3 Å². The molecule has 0 unspecified atom stereocenters. The molecule has 2 heterocycles. The quantitative estimate of drug-likeness (QED) is 0.163. The molecule has 58 heavy (non-hydrogen) atoms. The fourth-order valence-electron chi connectivity index (χ4n) is 8.13. The molecule has 10 rings (SSSR count). The van der Waals surface area contributed by atoms with Gasteiger partial charge in [0.05, 0.1) is 17.0 Å². The van der Waals surface area contributed by atoms with Gasteiger partial charge >= 0.3 is 0 Å². The monoisotopic (exact) mass is 742 g/mol. The van der Waals surface area contributed by atoms with Gasteiger partial charge in [-0.2, -0.15) is 5.26 Å². The molecule has 0 radical (unpaired) electrons. The molecule has 5 nitrogen and oxygen atoms in total. The van der Waals surface area contributed by atoms with Crippen LogP contribution in [0.15, 0.2) is 206 Å². The Morgan fingerprint density at radius 3 is 1.45 bits per heavy atom. The molecule has 1 aliphatic rings. The molecule has 9 aromatic rings. The Bertz CT molecular complexity index is 2920. The van der Waals surface area contributed by atoms with Gasteiger partial charge in [-0.15, -0.1) is 0 Å². The van der Waals surface area contributed by atoms with Gasteiger partial charge < -0.3 is 4.74 Å². The fourth-order valence-corrected chi connectivity index (χ4v) is 8.13. The summed E-state index contributed by atoms with van der Waals surface area (Å²) in [4.78, 5) is 15.0. The summed E-state index contributed by atoms with van der Waals surface area (Å²) in [6, 6.07) is 72.8. The standard InChI is InChI=1S/C53H34N4O/c54-35-36-23-25-39(26-24-36)50-55-51(40-29-27-38(28-30-40)37-13-4-1-5-14-37)57-52(56-50)43-16-12-15-41(33-43)42-31-32-47-49(34-42)58-48-22-11-10-21-46(48)53(47,44-17-6-2-7-18-44)45-19-8-3-9-20-45/h1-34H. The highest BCUT2D eigenvalue weighted by atomic mass is 16.5. The third kappa shape index (κ3) is 6.10. The Kier molecular flexibility index (Phi) is 8.70. The van der Waals surface area contributed by atoms with E-state index in [4.69, 9.17) is 19.7 Å². The van der Waals surface area contributed by atoms with Crippen LogP contribution in [-0.4, -0.2) is 15.0 Å². The van der Waals surface area contributed by atoms with Crippen molar-refractivity contribution >= 4 is 0 Å². The molecule has 0 saturated heterocycles. The van der Waals surface area contributed by atoms with Crippen LogP contribution in [-0.2, 0) is 5.41 Å². The molecule has 5 heteroatoms. The summed E-state index contributed by atoms with van der Waals surface area (Å²) < 4.78 is 6.78. The molecule has 272 valence electrons. The summed E-state index contributed by atoms with van der Waals surface area (Å²) in [5, 5.41) is 9.45. The van der Waals surface area contributed by atoms with Crippen molar-refractivity contribution < 1.29 is 4.74 Å². The zero-order valence-corrected chi connectivity index (χ0v) is 31.3. The molecule has 8 aromatic carbocycles. The van der Waals surface area contributed by atoms with E-state index in [1.807, 2.05) is 48.5 Å². The minimum atomic E-state index is -0.588. The molecule has 0 amide bonds. The molecule has 0 N–H and O–H groups in total. The van der Waals surface area contributed by atoms with Crippen LogP contribution in [0.1, 0.15) is 27.8 Å². The summed E-state index contributed by atoms with van der Waals surface area (Å²) in [6.45, 7) is 0. The number of rotatable bonds is 7. The van der Waals surface area contributed by atoms with Crippen LogP contribution < -0.4 is 4.74 Å². The first kappa shape index (κ1) is 34.5. The van der Waals surface area contributed by atoms with Gasteiger partial charge in [0, 0.05) is 27.8 Å².